The van der Waals surface area contributed by atoms with Gasteiger partial charge in [-0.25, -0.2) is 0 Å². The average molecular weight is 259 g/mol. The van der Waals surface area contributed by atoms with Crippen molar-refractivity contribution in [3.63, 3.8) is 0 Å². The molecule has 1 aromatic heterocycles. The molecule has 2 aromatic rings. The van der Waals surface area contributed by atoms with Gasteiger partial charge in [0.2, 0.25) is 0 Å². The van der Waals surface area contributed by atoms with E-state index in [0.29, 0.717) is 5.92 Å². The highest BCUT2D eigenvalue weighted by Crippen LogP contribution is 2.37. The lowest BCUT2D eigenvalue weighted by Crippen LogP contribution is -2.29. The Morgan fingerprint density at radius 1 is 1.16 bits per heavy atom. The molecule has 1 unspecified atom stereocenters. The second kappa shape index (κ2) is 5.01. The van der Waals surface area contributed by atoms with Gasteiger partial charge in [0, 0.05) is 5.39 Å². The zero-order valence-corrected chi connectivity index (χ0v) is 12.9. The summed E-state index contributed by atoms with van der Waals surface area (Å²) in [4.78, 5) is 0. The highest BCUT2D eigenvalue weighted by Gasteiger charge is 2.28. The van der Waals surface area contributed by atoms with Crippen molar-refractivity contribution < 1.29 is 4.42 Å². The van der Waals surface area contributed by atoms with E-state index in [1.807, 2.05) is 7.05 Å². The van der Waals surface area contributed by atoms with Crippen LogP contribution in [0.25, 0.3) is 11.0 Å². The number of benzene rings is 1. The van der Waals surface area contributed by atoms with Crippen molar-refractivity contribution in [2.75, 3.05) is 7.05 Å². The zero-order valence-electron chi connectivity index (χ0n) is 12.9. The maximum atomic E-state index is 6.18. The van der Waals surface area contributed by atoms with E-state index in [9.17, 15) is 0 Å². The van der Waals surface area contributed by atoms with Crippen LogP contribution < -0.4 is 5.32 Å². The first-order valence-electron chi connectivity index (χ1n) is 7.04. The highest BCUT2D eigenvalue weighted by molar-refractivity contribution is 5.81. The minimum Gasteiger partial charge on any atom is -0.459 e. The van der Waals surface area contributed by atoms with E-state index >= 15 is 0 Å². The lowest BCUT2D eigenvalue weighted by Gasteiger charge is -2.28. The van der Waals surface area contributed by atoms with Crippen LogP contribution >= 0.6 is 0 Å². The van der Waals surface area contributed by atoms with Gasteiger partial charge in [-0.05, 0) is 30.0 Å². The van der Waals surface area contributed by atoms with Crippen molar-refractivity contribution in [3.05, 3.63) is 35.6 Å². The van der Waals surface area contributed by atoms with E-state index in [1.54, 1.807) is 0 Å². The Hall–Kier alpha value is -1.28. The average Bonchev–Trinajstić information content (AvgIpc) is 2.70. The van der Waals surface area contributed by atoms with E-state index in [4.69, 9.17) is 4.42 Å². The largest absolute Gasteiger partial charge is 0.459 e. The molecule has 2 heteroatoms. The van der Waals surface area contributed by atoms with Gasteiger partial charge >= 0.3 is 0 Å². The van der Waals surface area contributed by atoms with Gasteiger partial charge in [0.25, 0.3) is 0 Å². The van der Waals surface area contributed by atoms with Crippen molar-refractivity contribution in [1.82, 2.24) is 5.32 Å². The summed E-state index contributed by atoms with van der Waals surface area (Å²) >= 11 is 0. The molecule has 104 valence electrons. The standard InChI is InChI=1S/C17H25NO/c1-11(2)13-9-7-8-12-10-14(19-15(12)13)16(18-6)17(3,4)5/h7-11,16,18H,1-6H3. The molecule has 0 aliphatic rings. The third kappa shape index (κ3) is 2.69. The van der Waals surface area contributed by atoms with Gasteiger partial charge in [0.05, 0.1) is 6.04 Å². The lowest BCUT2D eigenvalue weighted by atomic mass is 9.85. The fourth-order valence-electron chi connectivity index (χ4n) is 2.70. The maximum absolute atomic E-state index is 6.18. The molecule has 19 heavy (non-hydrogen) atoms. The minimum atomic E-state index is 0.126. The Balaban J connectivity index is 2.55. The van der Waals surface area contributed by atoms with Gasteiger partial charge in [0.1, 0.15) is 11.3 Å². The van der Waals surface area contributed by atoms with Crippen molar-refractivity contribution in [2.45, 2.75) is 46.6 Å². The molecule has 2 nitrogen and oxygen atoms in total. The van der Waals surface area contributed by atoms with Crippen LogP contribution in [0.15, 0.2) is 28.7 Å². The molecule has 0 aliphatic carbocycles. The molecule has 0 radical (unpaired) electrons. The monoisotopic (exact) mass is 259 g/mol. The number of hydrogen-bond acceptors (Lipinski definition) is 2. The third-order valence-electron chi connectivity index (χ3n) is 3.65. The predicted octanol–water partition coefficient (Wildman–Crippen LogP) is 4.86. The number of fused-ring (bicyclic) bond motifs is 1. The molecular weight excluding hydrogens is 234 g/mol. The van der Waals surface area contributed by atoms with Gasteiger partial charge in [-0.3, -0.25) is 0 Å². The summed E-state index contributed by atoms with van der Waals surface area (Å²) in [6.07, 6.45) is 0. The molecule has 0 amide bonds. The van der Waals surface area contributed by atoms with Gasteiger partial charge < -0.3 is 9.73 Å². The van der Waals surface area contributed by atoms with Crippen LogP contribution in [-0.2, 0) is 0 Å². The molecule has 2 rings (SSSR count). The fraction of sp³-hybridized carbons (Fsp3) is 0.529. The quantitative estimate of drug-likeness (QED) is 0.851. The fourth-order valence-corrected chi connectivity index (χ4v) is 2.70. The summed E-state index contributed by atoms with van der Waals surface area (Å²) in [7, 11) is 1.99. The Bertz CT molecular complexity index is 560. The molecule has 1 heterocycles. The number of hydrogen-bond donors (Lipinski definition) is 1. The van der Waals surface area contributed by atoms with E-state index in [-0.39, 0.29) is 11.5 Å². The van der Waals surface area contributed by atoms with Crippen LogP contribution in [0.1, 0.15) is 57.9 Å². The number of nitrogens with one attached hydrogen (secondary N) is 1. The molecule has 0 bridgehead atoms. The summed E-state index contributed by atoms with van der Waals surface area (Å²) in [5.41, 5.74) is 2.45. The Labute approximate surface area is 116 Å². The third-order valence-corrected chi connectivity index (χ3v) is 3.65. The number of rotatable bonds is 3. The lowest BCUT2D eigenvalue weighted by molar-refractivity contribution is 0.253. The first kappa shape index (κ1) is 14.1. The SMILES string of the molecule is CNC(c1cc2cccc(C(C)C)c2o1)C(C)(C)C. The molecule has 1 aromatic carbocycles. The Kier molecular flexibility index (Phi) is 3.73. The molecule has 0 fully saturated rings. The summed E-state index contributed by atoms with van der Waals surface area (Å²) in [5.74, 6) is 1.50. The van der Waals surface area contributed by atoms with E-state index in [2.05, 4.69) is 64.2 Å². The number of para-hydroxylation sites is 1. The summed E-state index contributed by atoms with van der Waals surface area (Å²) in [6, 6.07) is 8.80. The Morgan fingerprint density at radius 3 is 2.37 bits per heavy atom. The predicted molar refractivity (Wildman–Crippen MR) is 81.6 cm³/mol. The van der Waals surface area contributed by atoms with Crippen molar-refractivity contribution >= 4 is 11.0 Å². The van der Waals surface area contributed by atoms with Crippen LogP contribution in [0.4, 0.5) is 0 Å². The van der Waals surface area contributed by atoms with Crippen LogP contribution in [0.5, 0.6) is 0 Å². The minimum absolute atomic E-state index is 0.126. The summed E-state index contributed by atoms with van der Waals surface area (Å²) < 4.78 is 6.18. The molecule has 0 saturated carbocycles. The van der Waals surface area contributed by atoms with E-state index in [1.165, 1.54) is 10.9 Å². The maximum Gasteiger partial charge on any atom is 0.137 e. The van der Waals surface area contributed by atoms with Crippen LogP contribution in [0.2, 0.25) is 0 Å². The molecule has 1 atom stereocenters. The van der Waals surface area contributed by atoms with Gasteiger partial charge in [-0.1, -0.05) is 52.8 Å². The molecular formula is C17H25NO. The normalized spacial score (nSPS) is 14.3. The molecule has 0 saturated heterocycles. The van der Waals surface area contributed by atoms with Crippen molar-refractivity contribution in [2.24, 2.45) is 5.41 Å². The van der Waals surface area contributed by atoms with Gasteiger partial charge in [-0.2, -0.15) is 0 Å². The van der Waals surface area contributed by atoms with E-state index < -0.39 is 0 Å². The summed E-state index contributed by atoms with van der Waals surface area (Å²) in [5, 5.41) is 4.57. The van der Waals surface area contributed by atoms with E-state index in [0.717, 1.165) is 11.3 Å². The Morgan fingerprint density at radius 2 is 1.84 bits per heavy atom. The molecule has 0 aliphatic heterocycles. The van der Waals surface area contributed by atoms with Crippen molar-refractivity contribution in [1.29, 1.82) is 0 Å². The van der Waals surface area contributed by atoms with Crippen LogP contribution in [0, 0.1) is 5.41 Å². The second-order valence-corrected chi connectivity index (χ2v) is 6.66. The first-order chi connectivity index (χ1) is 8.84. The highest BCUT2D eigenvalue weighted by atomic mass is 16.3. The second-order valence-electron chi connectivity index (χ2n) is 6.66. The number of furan rings is 1. The smallest absolute Gasteiger partial charge is 0.137 e. The van der Waals surface area contributed by atoms with Crippen LogP contribution in [-0.4, -0.2) is 7.05 Å². The first-order valence-corrected chi connectivity index (χ1v) is 7.04. The topological polar surface area (TPSA) is 25.2 Å². The van der Waals surface area contributed by atoms with Gasteiger partial charge in [0.15, 0.2) is 0 Å². The van der Waals surface area contributed by atoms with Gasteiger partial charge in [-0.15, -0.1) is 0 Å². The summed E-state index contributed by atoms with van der Waals surface area (Å²) in [6.45, 7) is 11.1. The zero-order chi connectivity index (χ0) is 14.2. The molecule has 1 N–H and O–H groups in total. The van der Waals surface area contributed by atoms with Crippen molar-refractivity contribution in [3.8, 4) is 0 Å². The van der Waals surface area contributed by atoms with Crippen LogP contribution in [0.3, 0.4) is 0 Å². The molecule has 0 spiro atoms.